The molecule has 0 aliphatic carbocycles. The van der Waals surface area contributed by atoms with Gasteiger partial charge in [0.25, 0.3) is 0 Å². The third kappa shape index (κ3) is 3.65. The summed E-state index contributed by atoms with van der Waals surface area (Å²) >= 11 is 1.70. The van der Waals surface area contributed by atoms with Crippen molar-refractivity contribution in [1.29, 1.82) is 0 Å². The van der Waals surface area contributed by atoms with E-state index >= 15 is 0 Å². The average molecular weight is 396 g/mol. The molecule has 1 amide bonds. The van der Waals surface area contributed by atoms with Crippen LogP contribution in [-0.2, 0) is 11.3 Å². The summed E-state index contributed by atoms with van der Waals surface area (Å²) in [4.78, 5) is 32.9. The molecule has 0 spiro atoms. The minimum absolute atomic E-state index is 0.142. The molecule has 0 radical (unpaired) electrons. The van der Waals surface area contributed by atoms with E-state index in [1.807, 2.05) is 30.5 Å². The number of nitrogens with one attached hydrogen (secondary N) is 2. The van der Waals surface area contributed by atoms with E-state index in [9.17, 15) is 9.59 Å². The summed E-state index contributed by atoms with van der Waals surface area (Å²) < 4.78 is 2.59. The van der Waals surface area contributed by atoms with Gasteiger partial charge in [-0.25, -0.2) is 14.5 Å². The number of H-pyrrole nitrogens is 1. The number of aromatic nitrogens is 5. The second-order valence-corrected chi connectivity index (χ2v) is 7.40. The van der Waals surface area contributed by atoms with Crippen LogP contribution < -0.4 is 11.0 Å². The standard InChI is InChI=1S/C19H20N6O2S/c1-28-11-9-15(18-21-13-6-2-3-7-14(13)22-18)20-17(26)12-25-19(27)24-10-5-4-8-16(24)23-25/h2-8,10,15H,9,11-12H2,1H3,(H,20,26)(H,21,22)/t15-/m1/s1. The Morgan fingerprint density at radius 3 is 2.86 bits per heavy atom. The maximum absolute atomic E-state index is 12.6. The van der Waals surface area contributed by atoms with Crippen LogP contribution in [0.2, 0.25) is 0 Å². The highest BCUT2D eigenvalue weighted by Gasteiger charge is 2.19. The number of fused-ring (bicyclic) bond motifs is 2. The molecule has 0 aliphatic rings. The molecule has 3 heterocycles. The molecular weight excluding hydrogens is 376 g/mol. The van der Waals surface area contributed by atoms with Crippen LogP contribution in [-0.4, -0.2) is 42.1 Å². The Labute approximate surface area is 165 Å². The van der Waals surface area contributed by atoms with Gasteiger partial charge in [0.15, 0.2) is 5.65 Å². The lowest BCUT2D eigenvalue weighted by Gasteiger charge is -2.16. The Kier molecular flexibility index (Phi) is 5.16. The number of carbonyl (C=O) groups excluding carboxylic acids is 1. The molecule has 1 atom stereocenters. The number of aromatic amines is 1. The van der Waals surface area contributed by atoms with Crippen LogP contribution in [0.3, 0.4) is 0 Å². The number of para-hydroxylation sites is 2. The van der Waals surface area contributed by atoms with Crippen molar-refractivity contribution in [3.8, 4) is 0 Å². The Morgan fingerprint density at radius 2 is 2.07 bits per heavy atom. The van der Waals surface area contributed by atoms with Crippen molar-refractivity contribution < 1.29 is 4.79 Å². The second kappa shape index (κ2) is 7.89. The fraction of sp³-hybridized carbons (Fsp3) is 0.263. The van der Waals surface area contributed by atoms with Gasteiger partial charge < -0.3 is 10.3 Å². The molecule has 0 aliphatic heterocycles. The van der Waals surface area contributed by atoms with Crippen LogP contribution in [0.4, 0.5) is 0 Å². The molecule has 28 heavy (non-hydrogen) atoms. The van der Waals surface area contributed by atoms with Crippen LogP contribution in [0.1, 0.15) is 18.3 Å². The van der Waals surface area contributed by atoms with E-state index in [-0.39, 0.29) is 24.2 Å². The third-order valence-electron chi connectivity index (χ3n) is 4.47. The summed E-state index contributed by atoms with van der Waals surface area (Å²) in [5, 5.41) is 7.20. The molecule has 0 fully saturated rings. The molecule has 3 aromatic heterocycles. The Bertz CT molecular complexity index is 1140. The average Bonchev–Trinajstić information content (AvgIpc) is 3.27. The Balaban J connectivity index is 1.54. The summed E-state index contributed by atoms with van der Waals surface area (Å²) in [7, 11) is 0. The van der Waals surface area contributed by atoms with Gasteiger partial charge in [0.1, 0.15) is 12.4 Å². The van der Waals surface area contributed by atoms with Crippen molar-refractivity contribution in [2.24, 2.45) is 0 Å². The summed E-state index contributed by atoms with van der Waals surface area (Å²) in [5.74, 6) is 1.30. The summed E-state index contributed by atoms with van der Waals surface area (Å²) in [6.45, 7) is -0.142. The normalized spacial score (nSPS) is 12.5. The van der Waals surface area contributed by atoms with Crippen LogP contribution in [0.15, 0.2) is 53.5 Å². The van der Waals surface area contributed by atoms with Crippen LogP contribution in [0, 0.1) is 0 Å². The van der Waals surface area contributed by atoms with E-state index in [1.165, 1.54) is 9.08 Å². The van der Waals surface area contributed by atoms with E-state index in [1.54, 1.807) is 36.2 Å². The fourth-order valence-electron chi connectivity index (χ4n) is 3.10. The highest BCUT2D eigenvalue weighted by Crippen LogP contribution is 2.20. The SMILES string of the molecule is CSCC[C@@H](NC(=O)Cn1nc2ccccn2c1=O)c1nc2ccccc2[nH]1. The number of imidazole rings is 1. The zero-order valence-electron chi connectivity index (χ0n) is 15.3. The van der Waals surface area contributed by atoms with Gasteiger partial charge in [-0.3, -0.25) is 9.20 Å². The van der Waals surface area contributed by atoms with E-state index < -0.39 is 0 Å². The van der Waals surface area contributed by atoms with Crippen molar-refractivity contribution in [2.45, 2.75) is 19.0 Å². The van der Waals surface area contributed by atoms with Gasteiger partial charge in [-0.2, -0.15) is 11.8 Å². The minimum Gasteiger partial charge on any atom is -0.345 e. The predicted molar refractivity (Wildman–Crippen MR) is 109 cm³/mol. The van der Waals surface area contributed by atoms with E-state index in [0.29, 0.717) is 11.5 Å². The molecule has 4 rings (SSSR count). The summed E-state index contributed by atoms with van der Waals surface area (Å²) in [5.41, 5.74) is 1.96. The lowest BCUT2D eigenvalue weighted by Crippen LogP contribution is -2.35. The molecule has 144 valence electrons. The first-order chi connectivity index (χ1) is 13.7. The largest absolute Gasteiger partial charge is 0.350 e. The molecule has 0 saturated heterocycles. The zero-order valence-corrected chi connectivity index (χ0v) is 16.1. The zero-order chi connectivity index (χ0) is 19.5. The molecule has 0 saturated carbocycles. The van der Waals surface area contributed by atoms with Gasteiger partial charge in [0, 0.05) is 6.20 Å². The number of amides is 1. The fourth-order valence-corrected chi connectivity index (χ4v) is 3.57. The Morgan fingerprint density at radius 1 is 1.25 bits per heavy atom. The van der Waals surface area contributed by atoms with Crippen molar-refractivity contribution in [1.82, 2.24) is 29.5 Å². The van der Waals surface area contributed by atoms with Gasteiger partial charge in [-0.05, 0) is 42.7 Å². The first-order valence-electron chi connectivity index (χ1n) is 8.93. The number of hydrogen-bond donors (Lipinski definition) is 2. The monoisotopic (exact) mass is 396 g/mol. The van der Waals surface area contributed by atoms with Crippen molar-refractivity contribution in [3.63, 3.8) is 0 Å². The van der Waals surface area contributed by atoms with E-state index in [4.69, 9.17) is 0 Å². The molecule has 1 aromatic carbocycles. The topological polar surface area (TPSA) is 97.1 Å². The van der Waals surface area contributed by atoms with Crippen LogP contribution in [0.25, 0.3) is 16.7 Å². The Hall–Kier alpha value is -3.07. The van der Waals surface area contributed by atoms with Gasteiger partial charge >= 0.3 is 5.69 Å². The summed E-state index contributed by atoms with van der Waals surface area (Å²) in [6, 6.07) is 12.8. The quantitative estimate of drug-likeness (QED) is 0.498. The van der Waals surface area contributed by atoms with Crippen molar-refractivity contribution in [3.05, 3.63) is 65.0 Å². The number of benzene rings is 1. The molecule has 4 aromatic rings. The maximum atomic E-state index is 12.6. The molecular formula is C19H20N6O2S. The second-order valence-electron chi connectivity index (χ2n) is 6.41. The molecule has 0 unspecified atom stereocenters. The van der Waals surface area contributed by atoms with Gasteiger partial charge in [-0.15, -0.1) is 5.10 Å². The van der Waals surface area contributed by atoms with Crippen molar-refractivity contribution in [2.75, 3.05) is 12.0 Å². The number of hydrogen-bond acceptors (Lipinski definition) is 5. The lowest BCUT2D eigenvalue weighted by atomic mass is 10.2. The van der Waals surface area contributed by atoms with Gasteiger partial charge in [-0.1, -0.05) is 18.2 Å². The van der Waals surface area contributed by atoms with E-state index in [2.05, 4.69) is 20.4 Å². The minimum atomic E-state index is -0.338. The van der Waals surface area contributed by atoms with Crippen molar-refractivity contribution >= 4 is 34.3 Å². The first-order valence-corrected chi connectivity index (χ1v) is 10.3. The molecule has 2 N–H and O–H groups in total. The van der Waals surface area contributed by atoms with E-state index in [0.717, 1.165) is 23.2 Å². The number of rotatable bonds is 7. The van der Waals surface area contributed by atoms with Gasteiger partial charge in [0.2, 0.25) is 5.91 Å². The predicted octanol–water partition coefficient (Wildman–Crippen LogP) is 1.98. The highest BCUT2D eigenvalue weighted by atomic mass is 32.2. The smallest absolute Gasteiger partial charge is 0.345 e. The highest BCUT2D eigenvalue weighted by molar-refractivity contribution is 7.98. The molecule has 0 bridgehead atoms. The third-order valence-corrected chi connectivity index (χ3v) is 5.11. The summed E-state index contributed by atoms with van der Waals surface area (Å²) in [6.07, 6.45) is 4.38. The maximum Gasteiger partial charge on any atom is 0.350 e. The lowest BCUT2D eigenvalue weighted by molar-refractivity contribution is -0.122. The number of thioether (sulfide) groups is 1. The number of pyridine rings is 1. The van der Waals surface area contributed by atoms with Gasteiger partial charge in [0.05, 0.1) is 17.1 Å². The number of nitrogens with zero attached hydrogens (tertiary/aromatic N) is 4. The first kappa shape index (κ1) is 18.3. The molecule has 8 nitrogen and oxygen atoms in total. The van der Waals surface area contributed by atoms with Crippen LogP contribution in [0.5, 0.6) is 0 Å². The molecule has 9 heteroatoms. The number of carbonyl (C=O) groups is 1. The van der Waals surface area contributed by atoms with Crippen LogP contribution >= 0.6 is 11.8 Å².